The van der Waals surface area contributed by atoms with Crippen molar-refractivity contribution in [2.75, 3.05) is 13.1 Å². The molecule has 1 rings (SSSR count). The van der Waals surface area contributed by atoms with E-state index in [2.05, 4.69) is 0 Å². The van der Waals surface area contributed by atoms with Crippen molar-refractivity contribution in [2.24, 2.45) is 0 Å². The Hall–Kier alpha value is 1.18. The highest BCUT2D eigenvalue weighted by Crippen LogP contribution is 2.29. The van der Waals surface area contributed by atoms with Gasteiger partial charge in [0, 0.05) is 5.38 Å². The lowest BCUT2D eigenvalue weighted by molar-refractivity contribution is 0.364. The summed E-state index contributed by atoms with van der Waals surface area (Å²) in [5.41, 5.74) is 0. The second kappa shape index (κ2) is 3.93. The average molecular weight is 236 g/mol. The molecule has 1 nitrogen and oxygen atoms in total. The molecule has 0 bridgehead atoms. The smallest absolute Gasteiger partial charge is 0.315 e. The number of hydrogen-bond acceptors (Lipinski definition) is 1. The molecule has 1 fully saturated rings. The van der Waals surface area contributed by atoms with Gasteiger partial charge in [-0.1, -0.05) is 0 Å². The first-order valence-electron chi connectivity index (χ1n) is 3.58. The van der Waals surface area contributed by atoms with Gasteiger partial charge in [-0.25, -0.2) is 0 Å². The molecule has 1 aliphatic rings. The summed E-state index contributed by atoms with van der Waals surface area (Å²) in [6, 6.07) is 0. The monoisotopic (exact) mass is 234 g/mol. The molecule has 11 heavy (non-hydrogen) atoms. The van der Waals surface area contributed by atoms with Crippen molar-refractivity contribution in [3.05, 3.63) is 0 Å². The van der Waals surface area contributed by atoms with Gasteiger partial charge in [0.1, 0.15) is 0 Å². The van der Waals surface area contributed by atoms with E-state index < -0.39 is 4.53 Å². The van der Waals surface area contributed by atoms with Crippen LogP contribution in [-0.4, -0.2) is 27.8 Å². The van der Waals surface area contributed by atoms with E-state index in [1.807, 2.05) is 4.81 Å². The van der Waals surface area contributed by atoms with Gasteiger partial charge in [0.05, 0.1) is 0 Å². The van der Waals surface area contributed by atoms with Crippen LogP contribution in [0.1, 0.15) is 12.8 Å². The van der Waals surface area contributed by atoms with Crippen LogP contribution in [0, 0.1) is 0 Å². The third-order valence-corrected chi connectivity index (χ3v) is 3.14. The minimum absolute atomic E-state index is 0.259. The molecule has 6 heteroatoms. The third-order valence-electron chi connectivity index (χ3n) is 1.87. The summed E-state index contributed by atoms with van der Waals surface area (Å²) in [6.07, 6.45) is 1.83. The molecule has 0 unspecified atom stereocenters. The van der Waals surface area contributed by atoms with Crippen molar-refractivity contribution >= 4 is 50.5 Å². The zero-order valence-electron chi connectivity index (χ0n) is 5.94. The van der Waals surface area contributed by atoms with Crippen molar-refractivity contribution < 1.29 is 0 Å². The Morgan fingerprint density at radius 2 is 1.55 bits per heavy atom. The number of nitrogens with zero attached hydrogens (tertiary/aromatic N) is 1. The molecular weight excluding hydrogens is 227 g/mol. The molecular formula is C5H9BCl4N-. The second-order valence-electron chi connectivity index (χ2n) is 2.75. The molecule has 0 aromatic heterocycles. The van der Waals surface area contributed by atoms with E-state index in [1.54, 1.807) is 0 Å². The minimum Gasteiger partial charge on any atom is -0.435 e. The Morgan fingerprint density at radius 1 is 1.09 bits per heavy atom. The van der Waals surface area contributed by atoms with Crippen LogP contribution in [-0.2, 0) is 0 Å². The van der Waals surface area contributed by atoms with Crippen LogP contribution in [0.2, 0.25) is 0 Å². The molecule has 0 aliphatic carbocycles. The summed E-state index contributed by atoms with van der Waals surface area (Å²) >= 11 is 23.1. The molecule has 0 atom stereocenters. The van der Waals surface area contributed by atoms with Crippen molar-refractivity contribution in [1.82, 2.24) is 4.81 Å². The first-order valence-corrected chi connectivity index (χ1v) is 5.33. The standard InChI is InChI=1S/C5H9BCl4N/c7-5-1-3-11(4-2-5)6(8,9)10/h5H,1-4H2/q-1. The molecule has 1 heterocycles. The minimum atomic E-state index is -1.86. The predicted octanol–water partition coefficient (Wildman–Crippen LogP) is 2.84. The van der Waals surface area contributed by atoms with Gasteiger partial charge < -0.3 is 39.2 Å². The molecule has 1 saturated heterocycles. The summed E-state index contributed by atoms with van der Waals surface area (Å²) in [4.78, 5) is 1.86. The molecule has 0 amide bonds. The fourth-order valence-corrected chi connectivity index (χ4v) is 1.94. The normalized spacial score (nSPS) is 24.0. The molecule has 1 aliphatic heterocycles. The van der Waals surface area contributed by atoms with Gasteiger partial charge in [0.2, 0.25) is 0 Å². The molecule has 0 aromatic rings. The van der Waals surface area contributed by atoms with E-state index in [0.29, 0.717) is 0 Å². The van der Waals surface area contributed by atoms with Gasteiger partial charge >= 0.3 is 4.53 Å². The van der Waals surface area contributed by atoms with Crippen LogP contribution >= 0.6 is 46.0 Å². The van der Waals surface area contributed by atoms with Gasteiger partial charge in [-0.2, -0.15) is 0 Å². The summed E-state index contributed by atoms with van der Waals surface area (Å²) in [5, 5.41) is 0.259. The lowest BCUT2D eigenvalue weighted by atomic mass is 10.1. The maximum atomic E-state index is 5.88. The van der Waals surface area contributed by atoms with Crippen molar-refractivity contribution in [3.8, 4) is 0 Å². The number of alkyl halides is 1. The van der Waals surface area contributed by atoms with Crippen LogP contribution in [0.15, 0.2) is 0 Å². The summed E-state index contributed by atoms with van der Waals surface area (Å²) in [6.45, 7) is 1.59. The maximum Gasteiger partial charge on any atom is 0.315 e. The highest BCUT2D eigenvalue weighted by molar-refractivity contribution is 7.63. The van der Waals surface area contributed by atoms with E-state index >= 15 is 0 Å². The zero-order chi connectivity index (χ0) is 8.48. The van der Waals surface area contributed by atoms with Crippen LogP contribution in [0.5, 0.6) is 0 Å². The van der Waals surface area contributed by atoms with Crippen LogP contribution in [0.4, 0.5) is 0 Å². The SMILES string of the molecule is ClC1CCN([B-](Cl)(Cl)Cl)CC1. The summed E-state index contributed by atoms with van der Waals surface area (Å²) in [7, 11) is 0. The first kappa shape index (κ1) is 10.3. The van der Waals surface area contributed by atoms with E-state index in [0.717, 1.165) is 25.9 Å². The van der Waals surface area contributed by atoms with Crippen molar-refractivity contribution in [3.63, 3.8) is 0 Å². The first-order chi connectivity index (χ1) is 5.00. The summed E-state index contributed by atoms with van der Waals surface area (Å²) < 4.78 is -1.86. The Kier molecular flexibility index (Phi) is 3.67. The van der Waals surface area contributed by atoms with Crippen LogP contribution in [0.25, 0.3) is 0 Å². The number of halogens is 4. The number of rotatable bonds is 1. The van der Waals surface area contributed by atoms with Crippen LogP contribution in [0.3, 0.4) is 0 Å². The van der Waals surface area contributed by atoms with E-state index in [9.17, 15) is 0 Å². The molecule has 0 radical (unpaired) electrons. The van der Waals surface area contributed by atoms with Gasteiger partial charge in [-0.3, -0.25) is 0 Å². The van der Waals surface area contributed by atoms with Gasteiger partial charge in [0.15, 0.2) is 0 Å². The van der Waals surface area contributed by atoms with Gasteiger partial charge in [-0.15, -0.1) is 11.6 Å². The lowest BCUT2D eigenvalue weighted by Crippen LogP contribution is -2.45. The quantitative estimate of drug-likeness (QED) is 0.499. The van der Waals surface area contributed by atoms with E-state index in [1.165, 1.54) is 0 Å². The van der Waals surface area contributed by atoms with E-state index in [4.69, 9.17) is 46.0 Å². The second-order valence-corrected chi connectivity index (χ2v) is 5.93. The molecule has 0 saturated carbocycles. The Balaban J connectivity index is 2.39. The van der Waals surface area contributed by atoms with Gasteiger partial charge in [-0.05, 0) is 25.9 Å². The third kappa shape index (κ3) is 3.20. The molecule has 0 N–H and O–H groups in total. The largest absolute Gasteiger partial charge is 0.435 e. The topological polar surface area (TPSA) is 3.24 Å². The summed E-state index contributed by atoms with van der Waals surface area (Å²) in [5.74, 6) is 0. The van der Waals surface area contributed by atoms with Crippen LogP contribution < -0.4 is 0 Å². The lowest BCUT2D eigenvalue weighted by Gasteiger charge is -2.41. The van der Waals surface area contributed by atoms with E-state index in [-0.39, 0.29) is 5.38 Å². The predicted molar refractivity (Wildman–Crippen MR) is 53.8 cm³/mol. The fourth-order valence-electron chi connectivity index (χ4n) is 1.16. The maximum absolute atomic E-state index is 5.88. The fraction of sp³-hybridized carbons (Fsp3) is 1.00. The zero-order valence-corrected chi connectivity index (χ0v) is 8.97. The highest BCUT2D eigenvalue weighted by Gasteiger charge is 2.26. The molecule has 66 valence electrons. The average Bonchev–Trinajstić information content (AvgIpc) is 1.86. The molecule has 0 spiro atoms. The Morgan fingerprint density at radius 3 is 1.91 bits per heavy atom. The number of hydrogen-bond donors (Lipinski definition) is 0. The number of piperidine rings is 1. The Labute approximate surface area is 86.6 Å². The van der Waals surface area contributed by atoms with Crippen molar-refractivity contribution in [2.45, 2.75) is 18.2 Å². The van der Waals surface area contributed by atoms with Gasteiger partial charge in [0.25, 0.3) is 0 Å². The van der Waals surface area contributed by atoms with Crippen molar-refractivity contribution in [1.29, 1.82) is 0 Å². The molecule has 0 aromatic carbocycles. The Bertz CT molecular complexity index is 129. The highest BCUT2D eigenvalue weighted by atomic mass is 35.6.